The molecule has 0 saturated carbocycles. The van der Waals surface area contributed by atoms with Crippen LogP contribution in [0.1, 0.15) is 19.3 Å². The minimum absolute atomic E-state index is 0.431. The van der Waals surface area contributed by atoms with Gasteiger partial charge in [-0.05, 0) is 25.9 Å². The molecule has 1 aliphatic heterocycles. The molecular formula is C9H14N2O2. The van der Waals surface area contributed by atoms with Crippen molar-refractivity contribution in [1.82, 2.24) is 5.32 Å². The van der Waals surface area contributed by atoms with Gasteiger partial charge in [-0.25, -0.2) is 4.79 Å². The number of hydrogen-bond donors (Lipinski definition) is 2. The summed E-state index contributed by atoms with van der Waals surface area (Å²) in [5.41, 5.74) is -0.431. The fraction of sp³-hybridized carbons (Fsp3) is 0.556. The number of piperidine rings is 1. The molecule has 4 nitrogen and oxygen atoms in total. The number of nitrogens with zero attached hydrogens (tertiary/aromatic N) is 1. The van der Waals surface area contributed by atoms with Gasteiger partial charge in [0, 0.05) is 0 Å². The highest BCUT2D eigenvalue weighted by atomic mass is 16.4. The molecule has 0 aromatic rings. The van der Waals surface area contributed by atoms with E-state index >= 15 is 0 Å². The molecule has 1 rings (SSSR count). The lowest BCUT2D eigenvalue weighted by Gasteiger charge is -2.08. The predicted molar refractivity (Wildman–Crippen MR) is 49.1 cm³/mol. The third-order valence-corrected chi connectivity index (χ3v) is 1.60. The van der Waals surface area contributed by atoms with Gasteiger partial charge in [0.05, 0.1) is 0 Å². The molecule has 0 radical (unpaired) electrons. The molecule has 0 atom stereocenters. The van der Waals surface area contributed by atoms with Crippen molar-refractivity contribution in [2.24, 2.45) is 0 Å². The van der Waals surface area contributed by atoms with E-state index in [9.17, 15) is 4.79 Å². The first-order valence-corrected chi connectivity index (χ1v) is 4.21. The summed E-state index contributed by atoms with van der Waals surface area (Å²) < 4.78 is 0. The fourth-order valence-corrected chi connectivity index (χ4v) is 0.850. The van der Waals surface area contributed by atoms with Gasteiger partial charge in [0.1, 0.15) is 11.6 Å². The van der Waals surface area contributed by atoms with Gasteiger partial charge in [-0.1, -0.05) is 13.0 Å². The summed E-state index contributed by atoms with van der Waals surface area (Å²) in [6, 6.07) is 1.37. The Morgan fingerprint density at radius 3 is 2.00 bits per heavy atom. The molecule has 0 unspecified atom stereocenters. The standard InChI is InChI=1S/C5H11N.C4H3NO2/c1-2-4-6-5-3-1;1-3(2-5)4(6)7/h6H,1-5H2;1H2,(H,6,7). The molecule has 13 heavy (non-hydrogen) atoms. The Bertz CT molecular complexity index is 203. The van der Waals surface area contributed by atoms with Crippen molar-refractivity contribution >= 4 is 5.97 Å². The van der Waals surface area contributed by atoms with Crippen molar-refractivity contribution < 1.29 is 9.90 Å². The monoisotopic (exact) mass is 182 g/mol. The van der Waals surface area contributed by atoms with E-state index in [-0.39, 0.29) is 0 Å². The molecule has 0 spiro atoms. The zero-order valence-electron chi connectivity index (χ0n) is 7.55. The van der Waals surface area contributed by atoms with Crippen LogP contribution in [-0.4, -0.2) is 24.2 Å². The van der Waals surface area contributed by atoms with Crippen LogP contribution in [0.5, 0.6) is 0 Å². The molecule has 0 aliphatic carbocycles. The Balaban J connectivity index is 0.000000223. The summed E-state index contributed by atoms with van der Waals surface area (Å²) in [5, 5.41) is 18.9. The number of nitriles is 1. The first kappa shape index (κ1) is 11.7. The van der Waals surface area contributed by atoms with E-state index in [0.29, 0.717) is 0 Å². The van der Waals surface area contributed by atoms with Gasteiger partial charge in [-0.15, -0.1) is 0 Å². The van der Waals surface area contributed by atoms with Gasteiger partial charge in [-0.3, -0.25) is 0 Å². The SMILES string of the molecule is C1CCNCC1.C=C(C#N)C(=O)O. The molecular weight excluding hydrogens is 168 g/mol. The first-order valence-electron chi connectivity index (χ1n) is 4.21. The molecule has 1 heterocycles. The van der Waals surface area contributed by atoms with E-state index in [0.717, 1.165) is 0 Å². The molecule has 1 aliphatic rings. The van der Waals surface area contributed by atoms with Gasteiger partial charge < -0.3 is 10.4 Å². The van der Waals surface area contributed by atoms with Crippen LogP contribution in [0.3, 0.4) is 0 Å². The third-order valence-electron chi connectivity index (χ3n) is 1.60. The van der Waals surface area contributed by atoms with Crippen molar-refractivity contribution in [2.75, 3.05) is 13.1 Å². The van der Waals surface area contributed by atoms with Crippen molar-refractivity contribution in [2.45, 2.75) is 19.3 Å². The number of aliphatic carboxylic acids is 1. The normalized spacial score (nSPS) is 14.7. The Hall–Kier alpha value is -1.34. The number of hydrogen-bond acceptors (Lipinski definition) is 3. The Kier molecular flexibility index (Phi) is 6.56. The molecule has 0 aromatic carbocycles. The van der Waals surface area contributed by atoms with Gasteiger partial charge in [0.25, 0.3) is 0 Å². The molecule has 1 fully saturated rings. The topological polar surface area (TPSA) is 73.1 Å². The molecule has 0 bridgehead atoms. The number of rotatable bonds is 1. The highest BCUT2D eigenvalue weighted by Crippen LogP contribution is 1.96. The van der Waals surface area contributed by atoms with Crippen LogP contribution < -0.4 is 5.32 Å². The highest BCUT2D eigenvalue weighted by molar-refractivity contribution is 5.90. The van der Waals surface area contributed by atoms with Crippen LogP contribution >= 0.6 is 0 Å². The Labute approximate surface area is 77.9 Å². The largest absolute Gasteiger partial charge is 0.477 e. The van der Waals surface area contributed by atoms with E-state index in [1.807, 2.05) is 0 Å². The van der Waals surface area contributed by atoms with Crippen LogP contribution in [0.2, 0.25) is 0 Å². The average Bonchev–Trinajstić information content (AvgIpc) is 2.20. The van der Waals surface area contributed by atoms with Crippen molar-refractivity contribution in [1.29, 1.82) is 5.26 Å². The molecule has 72 valence electrons. The van der Waals surface area contributed by atoms with E-state index in [4.69, 9.17) is 10.4 Å². The summed E-state index contributed by atoms with van der Waals surface area (Å²) in [5.74, 6) is -1.26. The molecule has 1 saturated heterocycles. The van der Waals surface area contributed by atoms with Crippen LogP contribution in [-0.2, 0) is 4.79 Å². The molecule has 0 amide bonds. The Morgan fingerprint density at radius 2 is 1.92 bits per heavy atom. The zero-order valence-corrected chi connectivity index (χ0v) is 7.55. The lowest BCUT2D eigenvalue weighted by molar-refractivity contribution is -0.132. The van der Waals surface area contributed by atoms with E-state index in [1.54, 1.807) is 0 Å². The number of carboxylic acids is 1. The summed E-state index contributed by atoms with van der Waals surface area (Å²) in [7, 11) is 0. The van der Waals surface area contributed by atoms with Gasteiger partial charge in [-0.2, -0.15) is 5.26 Å². The third kappa shape index (κ3) is 7.04. The lowest BCUT2D eigenvalue weighted by atomic mass is 10.2. The fourth-order valence-electron chi connectivity index (χ4n) is 0.850. The van der Waals surface area contributed by atoms with Crippen LogP contribution in [0.15, 0.2) is 12.2 Å². The second-order valence-electron chi connectivity index (χ2n) is 2.71. The maximum Gasteiger partial charge on any atom is 0.345 e. The zero-order chi connectivity index (χ0) is 10.1. The second kappa shape index (κ2) is 7.32. The quantitative estimate of drug-likeness (QED) is 0.467. The maximum absolute atomic E-state index is 9.61. The smallest absolute Gasteiger partial charge is 0.345 e. The predicted octanol–water partition coefficient (Wildman–Crippen LogP) is 0.911. The van der Waals surface area contributed by atoms with E-state index < -0.39 is 11.5 Å². The van der Waals surface area contributed by atoms with Gasteiger partial charge >= 0.3 is 5.97 Å². The summed E-state index contributed by atoms with van der Waals surface area (Å²) in [6.45, 7) is 5.41. The number of carbonyl (C=O) groups is 1. The van der Waals surface area contributed by atoms with E-state index in [2.05, 4.69) is 11.9 Å². The Morgan fingerprint density at radius 1 is 1.38 bits per heavy atom. The van der Waals surface area contributed by atoms with Crippen LogP contribution in [0.4, 0.5) is 0 Å². The molecule has 2 N–H and O–H groups in total. The van der Waals surface area contributed by atoms with Crippen LogP contribution in [0.25, 0.3) is 0 Å². The maximum atomic E-state index is 9.61. The first-order chi connectivity index (χ1) is 6.18. The van der Waals surface area contributed by atoms with Crippen molar-refractivity contribution in [3.05, 3.63) is 12.2 Å². The minimum atomic E-state index is -1.26. The number of carboxylic acid groups (broad SMARTS) is 1. The molecule has 4 heteroatoms. The number of nitrogens with one attached hydrogen (secondary N) is 1. The average molecular weight is 182 g/mol. The van der Waals surface area contributed by atoms with Crippen molar-refractivity contribution in [3.63, 3.8) is 0 Å². The van der Waals surface area contributed by atoms with Crippen molar-refractivity contribution in [3.8, 4) is 6.07 Å². The van der Waals surface area contributed by atoms with Gasteiger partial charge in [0.2, 0.25) is 0 Å². The van der Waals surface area contributed by atoms with Gasteiger partial charge in [0.15, 0.2) is 0 Å². The second-order valence-corrected chi connectivity index (χ2v) is 2.71. The minimum Gasteiger partial charge on any atom is -0.477 e. The highest BCUT2D eigenvalue weighted by Gasteiger charge is 1.97. The van der Waals surface area contributed by atoms with Crippen LogP contribution in [0, 0.1) is 11.3 Å². The summed E-state index contributed by atoms with van der Waals surface area (Å²) >= 11 is 0. The summed E-state index contributed by atoms with van der Waals surface area (Å²) in [4.78, 5) is 9.61. The lowest BCUT2D eigenvalue weighted by Crippen LogP contribution is -2.21. The van der Waals surface area contributed by atoms with E-state index in [1.165, 1.54) is 38.4 Å². The molecule has 0 aromatic heterocycles. The summed E-state index contributed by atoms with van der Waals surface area (Å²) in [6.07, 6.45) is 4.22.